The summed E-state index contributed by atoms with van der Waals surface area (Å²) < 4.78 is 50.2. The predicted octanol–water partition coefficient (Wildman–Crippen LogP) is 4.64. The van der Waals surface area contributed by atoms with Crippen LogP contribution in [-0.4, -0.2) is 6.03 Å². The lowest BCUT2D eigenvalue weighted by Gasteiger charge is -2.08. The van der Waals surface area contributed by atoms with Crippen LogP contribution >= 0.6 is 0 Å². The van der Waals surface area contributed by atoms with Gasteiger partial charge in [-0.25, -0.2) is 9.18 Å². The Kier molecular flexibility index (Phi) is 5.00. The van der Waals surface area contributed by atoms with Gasteiger partial charge in [0.1, 0.15) is 5.82 Å². The number of carbonyl (C=O) groups excluding carboxylic acids is 1. The Morgan fingerprint density at radius 1 is 1.04 bits per heavy atom. The maximum atomic E-state index is 12.9. The third-order valence-corrected chi connectivity index (χ3v) is 2.81. The number of nitrogens with one attached hydrogen (secondary N) is 2. The monoisotopic (exact) mass is 324 g/mol. The molecule has 0 saturated heterocycles. The first-order valence-corrected chi connectivity index (χ1v) is 6.51. The first-order chi connectivity index (χ1) is 10.8. The van der Waals surface area contributed by atoms with E-state index in [4.69, 9.17) is 0 Å². The number of benzene rings is 2. The number of halogens is 4. The Hall–Kier alpha value is -2.83. The minimum absolute atomic E-state index is 0.217. The van der Waals surface area contributed by atoms with Crippen LogP contribution in [0, 0.1) is 5.82 Å². The van der Waals surface area contributed by atoms with Crippen molar-refractivity contribution in [2.45, 2.75) is 6.18 Å². The van der Waals surface area contributed by atoms with E-state index in [-0.39, 0.29) is 5.69 Å². The molecular weight excluding hydrogens is 312 g/mol. The zero-order chi connectivity index (χ0) is 16.9. The van der Waals surface area contributed by atoms with E-state index in [9.17, 15) is 22.4 Å². The van der Waals surface area contributed by atoms with Crippen LogP contribution in [0.1, 0.15) is 11.1 Å². The lowest BCUT2D eigenvalue weighted by molar-refractivity contribution is -0.137. The lowest BCUT2D eigenvalue weighted by atomic mass is 10.2. The molecule has 0 aliphatic carbocycles. The molecule has 0 fully saturated rings. The van der Waals surface area contributed by atoms with Gasteiger partial charge in [0.15, 0.2) is 0 Å². The molecule has 7 heteroatoms. The van der Waals surface area contributed by atoms with Gasteiger partial charge in [-0.1, -0.05) is 12.1 Å². The second-order valence-electron chi connectivity index (χ2n) is 4.56. The van der Waals surface area contributed by atoms with E-state index in [1.807, 2.05) is 0 Å². The lowest BCUT2D eigenvalue weighted by Crippen LogP contribution is -2.23. The summed E-state index contributed by atoms with van der Waals surface area (Å²) in [6.07, 6.45) is -1.64. The molecule has 2 aromatic rings. The summed E-state index contributed by atoms with van der Waals surface area (Å²) in [4.78, 5) is 11.6. The molecule has 3 nitrogen and oxygen atoms in total. The van der Waals surface area contributed by atoms with Gasteiger partial charge in [-0.15, -0.1) is 0 Å². The molecule has 2 amide bonds. The third kappa shape index (κ3) is 5.14. The normalized spacial score (nSPS) is 11.5. The van der Waals surface area contributed by atoms with E-state index in [2.05, 4.69) is 10.6 Å². The van der Waals surface area contributed by atoms with Crippen LogP contribution in [0.2, 0.25) is 0 Å². The predicted molar refractivity (Wildman–Crippen MR) is 79.0 cm³/mol. The molecular formula is C16H12F4N2O. The number of amides is 2. The van der Waals surface area contributed by atoms with Gasteiger partial charge in [0.25, 0.3) is 0 Å². The molecule has 0 atom stereocenters. The Bertz CT molecular complexity index is 709. The quantitative estimate of drug-likeness (QED) is 0.794. The van der Waals surface area contributed by atoms with Crippen molar-refractivity contribution in [2.75, 3.05) is 5.32 Å². The van der Waals surface area contributed by atoms with Crippen molar-refractivity contribution in [1.29, 1.82) is 0 Å². The van der Waals surface area contributed by atoms with Crippen LogP contribution in [-0.2, 0) is 6.18 Å². The van der Waals surface area contributed by atoms with E-state index in [0.29, 0.717) is 5.56 Å². The van der Waals surface area contributed by atoms with E-state index >= 15 is 0 Å². The molecule has 0 aromatic heterocycles. The van der Waals surface area contributed by atoms with Crippen molar-refractivity contribution in [3.63, 3.8) is 0 Å². The van der Waals surface area contributed by atoms with Crippen molar-refractivity contribution >= 4 is 17.8 Å². The van der Waals surface area contributed by atoms with Crippen LogP contribution < -0.4 is 10.6 Å². The highest BCUT2D eigenvalue weighted by Gasteiger charge is 2.29. The van der Waals surface area contributed by atoms with Gasteiger partial charge in [-0.3, -0.25) is 0 Å². The maximum absolute atomic E-state index is 12.9. The summed E-state index contributed by atoms with van der Waals surface area (Å²) in [6, 6.07) is 9.17. The van der Waals surface area contributed by atoms with Crippen molar-refractivity contribution < 1.29 is 22.4 Å². The molecule has 0 bridgehead atoms. The maximum Gasteiger partial charge on any atom is 0.416 e. The number of hydrogen-bond acceptors (Lipinski definition) is 1. The molecule has 0 heterocycles. The SMILES string of the molecule is O=C(N/C=C/c1cccc(F)c1)Nc1ccc(C(F)(F)F)cc1. The highest BCUT2D eigenvalue weighted by Crippen LogP contribution is 2.29. The summed E-state index contributed by atoms with van der Waals surface area (Å²) in [5, 5.41) is 4.74. The van der Waals surface area contributed by atoms with Gasteiger partial charge in [-0.05, 0) is 48.0 Å². The van der Waals surface area contributed by atoms with E-state index < -0.39 is 23.6 Å². The number of alkyl halides is 3. The molecule has 23 heavy (non-hydrogen) atoms. The summed E-state index contributed by atoms with van der Waals surface area (Å²) in [5.41, 5.74) is -0.0241. The molecule has 0 radical (unpaired) electrons. The zero-order valence-electron chi connectivity index (χ0n) is 11.7. The fourth-order valence-electron chi connectivity index (χ4n) is 1.73. The Morgan fingerprint density at radius 2 is 1.74 bits per heavy atom. The molecule has 2 aromatic carbocycles. The van der Waals surface area contributed by atoms with Crippen molar-refractivity contribution in [1.82, 2.24) is 5.32 Å². The molecule has 120 valence electrons. The second-order valence-corrected chi connectivity index (χ2v) is 4.56. The van der Waals surface area contributed by atoms with E-state index in [1.54, 1.807) is 6.07 Å². The molecule has 2 N–H and O–H groups in total. The van der Waals surface area contributed by atoms with Gasteiger partial charge in [0, 0.05) is 11.9 Å². The van der Waals surface area contributed by atoms with E-state index in [0.717, 1.165) is 24.3 Å². The minimum Gasteiger partial charge on any atom is -0.314 e. The van der Waals surface area contributed by atoms with Crippen molar-refractivity contribution in [2.24, 2.45) is 0 Å². The standard InChI is InChI=1S/C16H12F4N2O/c17-13-3-1-2-11(10-13)8-9-21-15(23)22-14-6-4-12(5-7-14)16(18,19)20/h1-10H,(H2,21,22,23)/b9-8+. The first kappa shape index (κ1) is 16.5. The Labute approximate surface area is 129 Å². The summed E-state index contributed by atoms with van der Waals surface area (Å²) in [6.45, 7) is 0. The largest absolute Gasteiger partial charge is 0.416 e. The van der Waals surface area contributed by atoms with Gasteiger partial charge in [-0.2, -0.15) is 13.2 Å². The fourth-order valence-corrected chi connectivity index (χ4v) is 1.73. The molecule has 0 spiro atoms. The van der Waals surface area contributed by atoms with Crippen molar-refractivity contribution in [3.05, 3.63) is 71.7 Å². The number of carbonyl (C=O) groups is 1. The van der Waals surface area contributed by atoms with Gasteiger partial charge in [0.2, 0.25) is 0 Å². The Morgan fingerprint density at radius 3 is 2.35 bits per heavy atom. The zero-order valence-corrected chi connectivity index (χ0v) is 11.7. The molecule has 0 aliphatic heterocycles. The van der Waals surface area contributed by atoms with Crippen LogP contribution in [0.25, 0.3) is 6.08 Å². The first-order valence-electron chi connectivity index (χ1n) is 6.51. The smallest absolute Gasteiger partial charge is 0.314 e. The van der Waals surface area contributed by atoms with Crippen LogP contribution in [0.15, 0.2) is 54.7 Å². The summed E-state index contributed by atoms with van der Waals surface area (Å²) in [5.74, 6) is -0.402. The molecule has 0 saturated carbocycles. The van der Waals surface area contributed by atoms with Crippen molar-refractivity contribution in [3.8, 4) is 0 Å². The average Bonchev–Trinajstić information content (AvgIpc) is 2.47. The minimum atomic E-state index is -4.42. The van der Waals surface area contributed by atoms with Gasteiger partial charge >= 0.3 is 12.2 Å². The fraction of sp³-hybridized carbons (Fsp3) is 0.0625. The number of anilines is 1. The third-order valence-electron chi connectivity index (χ3n) is 2.81. The van der Waals surface area contributed by atoms with Gasteiger partial charge < -0.3 is 10.6 Å². The van der Waals surface area contributed by atoms with E-state index in [1.165, 1.54) is 30.5 Å². The van der Waals surface area contributed by atoms with Crippen LogP contribution in [0.3, 0.4) is 0 Å². The van der Waals surface area contributed by atoms with Crippen LogP contribution in [0.5, 0.6) is 0 Å². The Balaban J connectivity index is 1.90. The number of hydrogen-bond donors (Lipinski definition) is 2. The summed E-state index contributed by atoms with van der Waals surface area (Å²) in [7, 11) is 0. The molecule has 0 aliphatic rings. The topological polar surface area (TPSA) is 41.1 Å². The van der Waals surface area contributed by atoms with Gasteiger partial charge in [0.05, 0.1) is 5.56 Å². The highest BCUT2D eigenvalue weighted by molar-refractivity contribution is 5.90. The summed E-state index contributed by atoms with van der Waals surface area (Å²) >= 11 is 0. The second kappa shape index (κ2) is 6.95. The number of rotatable bonds is 3. The molecule has 2 rings (SSSR count). The number of urea groups is 1. The van der Waals surface area contributed by atoms with Crippen LogP contribution in [0.4, 0.5) is 28.0 Å². The highest BCUT2D eigenvalue weighted by atomic mass is 19.4. The average molecular weight is 324 g/mol. The molecule has 0 unspecified atom stereocenters.